The average molecular weight is 421 g/mol. The lowest BCUT2D eigenvalue weighted by Gasteiger charge is -2.26. The lowest BCUT2D eigenvalue weighted by molar-refractivity contribution is -0.138. The standard InChI is InChI=1S/C22H32N2O6/c1-16(2)30-15-12-24-21(25)19(17-8-6-7-9-18(17)29-5)20(22(24)26)23(10-13-27-3)11-14-28-4/h6-9,16H,10-15H2,1-5H3. The first kappa shape index (κ1) is 23.9. The number of carbonyl (C=O) groups is 2. The third-order valence-corrected chi connectivity index (χ3v) is 4.73. The predicted octanol–water partition coefficient (Wildman–Crippen LogP) is 1.79. The van der Waals surface area contributed by atoms with Gasteiger partial charge in [0.25, 0.3) is 11.8 Å². The van der Waals surface area contributed by atoms with Crippen molar-refractivity contribution < 1.29 is 28.5 Å². The summed E-state index contributed by atoms with van der Waals surface area (Å²) in [7, 11) is 4.74. The summed E-state index contributed by atoms with van der Waals surface area (Å²) in [5.74, 6) is -0.169. The first-order chi connectivity index (χ1) is 14.5. The van der Waals surface area contributed by atoms with Crippen LogP contribution in [-0.4, -0.2) is 88.5 Å². The van der Waals surface area contributed by atoms with E-state index in [1.165, 1.54) is 4.90 Å². The summed E-state index contributed by atoms with van der Waals surface area (Å²) >= 11 is 0. The monoisotopic (exact) mass is 420 g/mol. The summed E-state index contributed by atoms with van der Waals surface area (Å²) in [6.45, 7) is 5.99. The Kier molecular flexibility index (Phi) is 9.29. The minimum Gasteiger partial charge on any atom is -0.496 e. The molecule has 1 aliphatic heterocycles. The Morgan fingerprint density at radius 2 is 1.57 bits per heavy atom. The van der Waals surface area contributed by atoms with Crippen molar-refractivity contribution in [1.82, 2.24) is 9.80 Å². The quantitative estimate of drug-likeness (QED) is 0.450. The molecule has 8 nitrogen and oxygen atoms in total. The van der Waals surface area contributed by atoms with E-state index in [0.29, 0.717) is 48.9 Å². The van der Waals surface area contributed by atoms with E-state index in [4.69, 9.17) is 18.9 Å². The van der Waals surface area contributed by atoms with Gasteiger partial charge in [-0.2, -0.15) is 0 Å². The van der Waals surface area contributed by atoms with E-state index in [2.05, 4.69) is 0 Å². The van der Waals surface area contributed by atoms with Gasteiger partial charge in [0, 0.05) is 32.9 Å². The van der Waals surface area contributed by atoms with Gasteiger partial charge in [-0.1, -0.05) is 18.2 Å². The van der Waals surface area contributed by atoms with Crippen LogP contribution in [0.5, 0.6) is 5.75 Å². The molecule has 0 aromatic heterocycles. The van der Waals surface area contributed by atoms with Crippen LogP contribution in [0.25, 0.3) is 5.57 Å². The molecule has 0 bridgehead atoms. The Balaban J connectivity index is 2.50. The second-order valence-corrected chi connectivity index (χ2v) is 7.08. The van der Waals surface area contributed by atoms with Crippen LogP contribution in [0, 0.1) is 0 Å². The highest BCUT2D eigenvalue weighted by Gasteiger charge is 2.42. The fourth-order valence-corrected chi connectivity index (χ4v) is 3.27. The number of para-hydroxylation sites is 1. The van der Waals surface area contributed by atoms with Crippen LogP contribution in [0.1, 0.15) is 19.4 Å². The second kappa shape index (κ2) is 11.7. The van der Waals surface area contributed by atoms with Gasteiger partial charge in [0.05, 0.1) is 45.2 Å². The van der Waals surface area contributed by atoms with E-state index < -0.39 is 0 Å². The number of rotatable bonds is 13. The molecule has 0 radical (unpaired) electrons. The van der Waals surface area contributed by atoms with E-state index in [0.717, 1.165) is 0 Å². The Bertz CT molecular complexity index is 754. The zero-order chi connectivity index (χ0) is 22.1. The maximum absolute atomic E-state index is 13.4. The summed E-state index contributed by atoms with van der Waals surface area (Å²) in [6, 6.07) is 7.21. The largest absolute Gasteiger partial charge is 0.496 e. The fraction of sp³-hybridized carbons (Fsp3) is 0.545. The lowest BCUT2D eigenvalue weighted by atomic mass is 10.0. The van der Waals surface area contributed by atoms with Gasteiger partial charge in [-0.15, -0.1) is 0 Å². The fourth-order valence-electron chi connectivity index (χ4n) is 3.27. The van der Waals surface area contributed by atoms with Crippen LogP contribution in [0.4, 0.5) is 0 Å². The molecule has 0 spiro atoms. The molecular weight excluding hydrogens is 388 g/mol. The van der Waals surface area contributed by atoms with Crippen molar-refractivity contribution in [2.24, 2.45) is 0 Å². The molecule has 2 amide bonds. The van der Waals surface area contributed by atoms with Crippen molar-refractivity contribution in [2.45, 2.75) is 20.0 Å². The van der Waals surface area contributed by atoms with E-state index in [9.17, 15) is 9.59 Å². The smallest absolute Gasteiger partial charge is 0.277 e. The van der Waals surface area contributed by atoms with Gasteiger partial charge in [-0.25, -0.2) is 0 Å². The first-order valence-corrected chi connectivity index (χ1v) is 10.0. The number of carbonyl (C=O) groups excluding carboxylic acids is 2. The zero-order valence-electron chi connectivity index (χ0n) is 18.5. The maximum atomic E-state index is 13.4. The average Bonchev–Trinajstić information content (AvgIpc) is 2.98. The van der Waals surface area contributed by atoms with Crippen molar-refractivity contribution in [3.63, 3.8) is 0 Å². The number of hydrogen-bond acceptors (Lipinski definition) is 7. The summed E-state index contributed by atoms with van der Waals surface area (Å²) in [5.41, 5.74) is 1.25. The summed E-state index contributed by atoms with van der Waals surface area (Å²) < 4.78 is 21.5. The van der Waals surface area contributed by atoms with Gasteiger partial charge in [0.1, 0.15) is 11.4 Å². The Hall–Kier alpha value is -2.42. The van der Waals surface area contributed by atoms with E-state index in [1.54, 1.807) is 33.5 Å². The van der Waals surface area contributed by atoms with Gasteiger partial charge in [0.2, 0.25) is 0 Å². The molecule has 0 unspecified atom stereocenters. The zero-order valence-corrected chi connectivity index (χ0v) is 18.5. The minimum absolute atomic E-state index is 0.0128. The van der Waals surface area contributed by atoms with Crippen LogP contribution >= 0.6 is 0 Å². The third kappa shape index (κ3) is 5.59. The van der Waals surface area contributed by atoms with Crippen molar-refractivity contribution >= 4 is 17.4 Å². The van der Waals surface area contributed by atoms with Crippen molar-refractivity contribution in [3.8, 4) is 5.75 Å². The Morgan fingerprint density at radius 3 is 2.13 bits per heavy atom. The highest BCUT2D eigenvalue weighted by atomic mass is 16.5. The Morgan fingerprint density at radius 1 is 0.933 bits per heavy atom. The molecule has 0 fully saturated rings. The number of hydrogen-bond donors (Lipinski definition) is 0. The predicted molar refractivity (Wildman–Crippen MR) is 113 cm³/mol. The molecule has 30 heavy (non-hydrogen) atoms. The molecule has 166 valence electrons. The van der Waals surface area contributed by atoms with Gasteiger partial charge in [-0.05, 0) is 19.9 Å². The van der Waals surface area contributed by atoms with Gasteiger partial charge in [0.15, 0.2) is 0 Å². The molecular formula is C22H32N2O6. The third-order valence-electron chi connectivity index (χ3n) is 4.73. The van der Waals surface area contributed by atoms with Crippen LogP contribution < -0.4 is 4.74 Å². The van der Waals surface area contributed by atoms with E-state index >= 15 is 0 Å². The number of ether oxygens (including phenoxy) is 4. The first-order valence-electron chi connectivity index (χ1n) is 10.0. The molecule has 0 atom stereocenters. The van der Waals surface area contributed by atoms with Crippen LogP contribution in [0.2, 0.25) is 0 Å². The SMILES string of the molecule is COCCN(CCOC)C1=C(c2ccccc2OC)C(=O)N(CCOC(C)C)C1=O. The normalized spacial score (nSPS) is 14.3. The Labute approximate surface area is 178 Å². The van der Waals surface area contributed by atoms with E-state index in [-0.39, 0.29) is 31.1 Å². The number of nitrogens with zero attached hydrogens (tertiary/aromatic N) is 2. The molecule has 0 N–H and O–H groups in total. The summed E-state index contributed by atoms with van der Waals surface area (Å²) in [5, 5.41) is 0. The lowest BCUT2D eigenvalue weighted by Crippen LogP contribution is -2.39. The summed E-state index contributed by atoms with van der Waals surface area (Å²) in [6.07, 6.45) is 0.0128. The molecule has 8 heteroatoms. The molecule has 2 rings (SSSR count). The molecule has 0 saturated heterocycles. The van der Waals surface area contributed by atoms with Crippen molar-refractivity contribution in [2.75, 3.05) is 60.8 Å². The molecule has 0 aliphatic carbocycles. The van der Waals surface area contributed by atoms with Crippen LogP contribution in [-0.2, 0) is 23.8 Å². The van der Waals surface area contributed by atoms with Gasteiger partial charge >= 0.3 is 0 Å². The van der Waals surface area contributed by atoms with Gasteiger partial charge < -0.3 is 23.8 Å². The number of imide groups is 1. The molecule has 1 heterocycles. The summed E-state index contributed by atoms with van der Waals surface area (Å²) in [4.78, 5) is 29.8. The topological polar surface area (TPSA) is 77.5 Å². The number of amides is 2. The minimum atomic E-state index is -0.355. The van der Waals surface area contributed by atoms with Crippen molar-refractivity contribution in [3.05, 3.63) is 35.5 Å². The van der Waals surface area contributed by atoms with Crippen LogP contribution in [0.3, 0.4) is 0 Å². The highest BCUT2D eigenvalue weighted by molar-refractivity contribution is 6.36. The molecule has 1 aliphatic rings. The van der Waals surface area contributed by atoms with Crippen molar-refractivity contribution in [1.29, 1.82) is 0 Å². The molecule has 1 aromatic rings. The number of methoxy groups -OCH3 is 3. The second-order valence-electron chi connectivity index (χ2n) is 7.08. The van der Waals surface area contributed by atoms with E-state index in [1.807, 2.05) is 30.9 Å². The van der Waals surface area contributed by atoms with Crippen LogP contribution in [0.15, 0.2) is 30.0 Å². The highest BCUT2D eigenvalue weighted by Crippen LogP contribution is 2.36. The molecule has 0 saturated carbocycles. The molecule has 1 aromatic carbocycles. The number of benzene rings is 1. The maximum Gasteiger partial charge on any atom is 0.277 e. The van der Waals surface area contributed by atoms with Gasteiger partial charge in [-0.3, -0.25) is 14.5 Å².